The summed E-state index contributed by atoms with van der Waals surface area (Å²) in [4.78, 5) is 18.2. The van der Waals surface area contributed by atoms with Crippen LogP contribution in [0.25, 0.3) is 11.0 Å². The zero-order chi connectivity index (χ0) is 23.1. The molecule has 7 nitrogen and oxygen atoms in total. The lowest BCUT2D eigenvalue weighted by Crippen LogP contribution is -2.24. The highest BCUT2D eigenvalue weighted by Crippen LogP contribution is 2.40. The van der Waals surface area contributed by atoms with E-state index in [4.69, 9.17) is 10.1 Å². The minimum atomic E-state index is -0.0952. The number of amides is 1. The number of aryl methyl sites for hydroxylation is 1. The van der Waals surface area contributed by atoms with E-state index < -0.39 is 0 Å². The van der Waals surface area contributed by atoms with Crippen molar-refractivity contribution in [3.63, 3.8) is 0 Å². The lowest BCUT2D eigenvalue weighted by molar-refractivity contribution is 0.0952. The number of nitrogens with one attached hydrogen (secondary N) is 1. The van der Waals surface area contributed by atoms with Crippen LogP contribution >= 0.6 is 0 Å². The highest BCUT2D eigenvalue weighted by atomic mass is 16.1. The van der Waals surface area contributed by atoms with Gasteiger partial charge in [0.25, 0.3) is 5.91 Å². The molecule has 0 radical (unpaired) electrons. The van der Waals surface area contributed by atoms with Gasteiger partial charge in [0, 0.05) is 35.5 Å². The SMILES string of the molecule is Cc1nn(Cc2ccccc2)c(C)c1CNC(=O)c1cc(C2CC2)nc2c1cnn2C(C)C. The van der Waals surface area contributed by atoms with E-state index in [1.54, 1.807) is 6.20 Å². The Hall–Kier alpha value is -3.48. The van der Waals surface area contributed by atoms with Crippen LogP contribution in [0.5, 0.6) is 0 Å². The zero-order valence-corrected chi connectivity index (χ0v) is 19.7. The van der Waals surface area contributed by atoms with Crippen molar-refractivity contribution in [1.82, 2.24) is 29.9 Å². The Morgan fingerprint density at radius 3 is 2.64 bits per heavy atom. The van der Waals surface area contributed by atoms with Crippen LogP contribution in [0.2, 0.25) is 0 Å². The van der Waals surface area contributed by atoms with Gasteiger partial charge in [-0.3, -0.25) is 9.48 Å². The Kier molecular flexibility index (Phi) is 5.48. The minimum absolute atomic E-state index is 0.0952. The maximum atomic E-state index is 13.3. The zero-order valence-electron chi connectivity index (χ0n) is 19.7. The molecule has 1 saturated carbocycles. The number of rotatable bonds is 7. The molecular formula is C26H30N6O. The molecule has 1 aliphatic rings. The fourth-order valence-electron chi connectivity index (χ4n) is 4.36. The van der Waals surface area contributed by atoms with E-state index >= 15 is 0 Å². The quantitative estimate of drug-likeness (QED) is 0.451. The van der Waals surface area contributed by atoms with Crippen molar-refractivity contribution in [1.29, 1.82) is 0 Å². The second-order valence-electron chi connectivity index (χ2n) is 9.26. The number of carbonyl (C=O) groups is 1. The van der Waals surface area contributed by atoms with Gasteiger partial charge in [-0.1, -0.05) is 30.3 Å². The molecule has 5 rings (SSSR count). The Bertz CT molecular complexity index is 1310. The first-order chi connectivity index (χ1) is 15.9. The summed E-state index contributed by atoms with van der Waals surface area (Å²) < 4.78 is 3.91. The van der Waals surface area contributed by atoms with E-state index in [0.717, 1.165) is 46.5 Å². The monoisotopic (exact) mass is 442 g/mol. The predicted octanol–water partition coefficient (Wildman–Crippen LogP) is 4.68. The normalized spacial score (nSPS) is 13.7. The fraction of sp³-hybridized carbons (Fsp3) is 0.385. The van der Waals surface area contributed by atoms with E-state index in [1.807, 2.05) is 40.6 Å². The first-order valence-electron chi connectivity index (χ1n) is 11.7. The van der Waals surface area contributed by atoms with E-state index in [2.05, 4.69) is 43.3 Å². The predicted molar refractivity (Wildman–Crippen MR) is 128 cm³/mol. The number of benzene rings is 1. The summed E-state index contributed by atoms with van der Waals surface area (Å²) in [6, 6.07) is 12.4. The first-order valence-corrected chi connectivity index (χ1v) is 11.7. The lowest BCUT2D eigenvalue weighted by atomic mass is 10.1. The smallest absolute Gasteiger partial charge is 0.252 e. The molecule has 1 N–H and O–H groups in total. The van der Waals surface area contributed by atoms with Crippen LogP contribution < -0.4 is 5.32 Å². The summed E-state index contributed by atoms with van der Waals surface area (Å²) in [5.74, 6) is 0.361. The van der Waals surface area contributed by atoms with E-state index in [9.17, 15) is 4.79 Å². The van der Waals surface area contributed by atoms with Crippen molar-refractivity contribution in [2.45, 2.75) is 65.6 Å². The molecule has 170 valence electrons. The number of nitrogens with zero attached hydrogens (tertiary/aromatic N) is 5. The van der Waals surface area contributed by atoms with Crippen LogP contribution in [0.1, 0.15) is 77.2 Å². The number of hydrogen-bond donors (Lipinski definition) is 1. The van der Waals surface area contributed by atoms with Gasteiger partial charge in [-0.15, -0.1) is 0 Å². The molecule has 1 aromatic carbocycles. The summed E-state index contributed by atoms with van der Waals surface area (Å²) >= 11 is 0. The molecule has 0 bridgehead atoms. The number of pyridine rings is 1. The molecule has 0 atom stereocenters. The maximum Gasteiger partial charge on any atom is 0.252 e. The lowest BCUT2D eigenvalue weighted by Gasteiger charge is -2.11. The van der Waals surface area contributed by atoms with Crippen LogP contribution in [0.3, 0.4) is 0 Å². The van der Waals surface area contributed by atoms with Crippen LogP contribution in [0.15, 0.2) is 42.6 Å². The van der Waals surface area contributed by atoms with Crippen molar-refractivity contribution >= 4 is 16.9 Å². The van der Waals surface area contributed by atoms with Gasteiger partial charge in [0.15, 0.2) is 5.65 Å². The van der Waals surface area contributed by atoms with Gasteiger partial charge in [0.1, 0.15) is 0 Å². The number of aromatic nitrogens is 5. The molecule has 0 aliphatic heterocycles. The molecular weight excluding hydrogens is 412 g/mol. The molecule has 33 heavy (non-hydrogen) atoms. The van der Waals surface area contributed by atoms with Gasteiger partial charge in [-0.2, -0.15) is 10.2 Å². The highest BCUT2D eigenvalue weighted by molar-refractivity contribution is 6.05. The van der Waals surface area contributed by atoms with E-state index in [1.165, 1.54) is 5.56 Å². The van der Waals surface area contributed by atoms with Crippen molar-refractivity contribution in [3.05, 3.63) is 76.4 Å². The van der Waals surface area contributed by atoms with Crippen molar-refractivity contribution in [2.75, 3.05) is 0 Å². The van der Waals surface area contributed by atoms with Crippen LogP contribution in [-0.4, -0.2) is 30.5 Å². The van der Waals surface area contributed by atoms with Gasteiger partial charge in [0.05, 0.1) is 29.4 Å². The van der Waals surface area contributed by atoms with Gasteiger partial charge in [-0.05, 0) is 52.2 Å². The molecule has 1 aliphatic carbocycles. The summed E-state index contributed by atoms with van der Waals surface area (Å²) in [6.07, 6.45) is 4.03. The Balaban J connectivity index is 1.40. The van der Waals surface area contributed by atoms with Crippen molar-refractivity contribution in [2.24, 2.45) is 0 Å². The topological polar surface area (TPSA) is 77.6 Å². The number of fused-ring (bicyclic) bond motifs is 1. The maximum absolute atomic E-state index is 13.3. The number of hydrogen-bond acceptors (Lipinski definition) is 4. The fourth-order valence-corrected chi connectivity index (χ4v) is 4.36. The largest absolute Gasteiger partial charge is 0.348 e. The van der Waals surface area contributed by atoms with Gasteiger partial charge >= 0.3 is 0 Å². The summed E-state index contributed by atoms with van der Waals surface area (Å²) in [7, 11) is 0. The van der Waals surface area contributed by atoms with Gasteiger partial charge in [-0.25, -0.2) is 9.67 Å². The molecule has 0 unspecified atom stereocenters. The summed E-state index contributed by atoms with van der Waals surface area (Å²) in [6.45, 7) is 9.37. The molecule has 4 aromatic rings. The van der Waals surface area contributed by atoms with Crippen LogP contribution in [0.4, 0.5) is 0 Å². The van der Waals surface area contributed by atoms with Crippen LogP contribution in [-0.2, 0) is 13.1 Å². The molecule has 3 aromatic heterocycles. The average molecular weight is 443 g/mol. The molecule has 1 amide bonds. The van der Waals surface area contributed by atoms with E-state index in [0.29, 0.717) is 24.6 Å². The third kappa shape index (κ3) is 4.15. The highest BCUT2D eigenvalue weighted by Gasteiger charge is 2.28. The van der Waals surface area contributed by atoms with Gasteiger partial charge in [0.2, 0.25) is 0 Å². The molecule has 0 spiro atoms. The minimum Gasteiger partial charge on any atom is -0.348 e. The van der Waals surface area contributed by atoms with Crippen LogP contribution in [0, 0.1) is 13.8 Å². The Morgan fingerprint density at radius 1 is 1.18 bits per heavy atom. The third-order valence-corrected chi connectivity index (χ3v) is 6.45. The molecule has 1 fully saturated rings. The summed E-state index contributed by atoms with van der Waals surface area (Å²) in [5.41, 5.74) is 6.72. The van der Waals surface area contributed by atoms with Crippen molar-refractivity contribution in [3.8, 4) is 0 Å². The van der Waals surface area contributed by atoms with Gasteiger partial charge < -0.3 is 5.32 Å². The Labute approximate surface area is 193 Å². The number of carbonyl (C=O) groups excluding carboxylic acids is 1. The van der Waals surface area contributed by atoms with E-state index in [-0.39, 0.29) is 11.9 Å². The Morgan fingerprint density at radius 2 is 1.94 bits per heavy atom. The molecule has 7 heteroatoms. The first kappa shape index (κ1) is 21.4. The molecule has 3 heterocycles. The van der Waals surface area contributed by atoms with Crippen molar-refractivity contribution < 1.29 is 4.79 Å². The third-order valence-electron chi connectivity index (χ3n) is 6.45. The average Bonchev–Trinajstić information content (AvgIpc) is 3.51. The molecule has 0 saturated heterocycles. The standard InChI is InChI=1S/C26H30N6O/c1-16(2)32-25-23(14-28-32)21(12-24(29-25)20-10-11-20)26(33)27-13-22-17(3)30-31(18(22)4)15-19-8-6-5-7-9-19/h5-9,12,14,16,20H,10-11,13,15H2,1-4H3,(H,27,33). The second-order valence-corrected chi connectivity index (χ2v) is 9.26. The summed E-state index contributed by atoms with van der Waals surface area (Å²) in [5, 5.41) is 13.2. The second kappa shape index (κ2) is 8.46.